The summed E-state index contributed by atoms with van der Waals surface area (Å²) >= 11 is 0. The second-order valence-corrected chi connectivity index (χ2v) is 3.46. The Morgan fingerprint density at radius 2 is 1.88 bits per heavy atom. The molecule has 0 aliphatic heterocycles. The Hall–Kier alpha value is -2.01. The number of rotatable bonds is 3. The zero-order valence-corrected chi connectivity index (χ0v) is 9.22. The summed E-state index contributed by atoms with van der Waals surface area (Å²) < 4.78 is 18.1. The molecule has 0 aliphatic carbocycles. The van der Waals surface area contributed by atoms with Gasteiger partial charge in [0.2, 0.25) is 0 Å². The van der Waals surface area contributed by atoms with Gasteiger partial charge >= 0.3 is 6.01 Å². The number of methoxy groups -OCH3 is 1. The van der Waals surface area contributed by atoms with E-state index in [0.717, 1.165) is 0 Å². The van der Waals surface area contributed by atoms with Crippen LogP contribution in [-0.2, 0) is 6.61 Å². The van der Waals surface area contributed by atoms with Crippen LogP contribution >= 0.6 is 0 Å². The zero-order chi connectivity index (χ0) is 12.3. The third kappa shape index (κ3) is 2.57. The van der Waals surface area contributed by atoms with Crippen molar-refractivity contribution < 1.29 is 14.2 Å². The number of aliphatic hydroxyl groups is 1. The van der Waals surface area contributed by atoms with Crippen LogP contribution in [-0.4, -0.2) is 22.2 Å². The van der Waals surface area contributed by atoms with Crippen molar-refractivity contribution in [2.75, 3.05) is 7.11 Å². The zero-order valence-electron chi connectivity index (χ0n) is 9.22. The summed E-state index contributed by atoms with van der Waals surface area (Å²) in [5, 5.41) is 9.00. The monoisotopic (exact) mass is 234 g/mol. The lowest BCUT2D eigenvalue weighted by molar-refractivity contribution is 0.281. The van der Waals surface area contributed by atoms with Gasteiger partial charge < -0.3 is 9.84 Å². The average Bonchev–Trinajstić information content (AvgIpc) is 2.38. The fourth-order valence-corrected chi connectivity index (χ4v) is 1.48. The molecule has 1 aromatic carbocycles. The van der Waals surface area contributed by atoms with Crippen LogP contribution in [0.1, 0.15) is 5.56 Å². The SMILES string of the molecule is COc1ncc(-c2cc(F)cc(CO)c2)cn1. The van der Waals surface area contributed by atoms with E-state index in [1.54, 1.807) is 18.5 Å². The van der Waals surface area contributed by atoms with E-state index in [9.17, 15) is 4.39 Å². The minimum absolute atomic E-state index is 0.207. The predicted octanol–water partition coefficient (Wildman–Crippen LogP) is 1.78. The maximum Gasteiger partial charge on any atom is 0.316 e. The van der Waals surface area contributed by atoms with Gasteiger partial charge in [0.25, 0.3) is 0 Å². The van der Waals surface area contributed by atoms with E-state index < -0.39 is 5.82 Å². The Balaban J connectivity index is 2.41. The first-order valence-electron chi connectivity index (χ1n) is 4.99. The largest absolute Gasteiger partial charge is 0.467 e. The summed E-state index contributed by atoms with van der Waals surface area (Å²) in [5.74, 6) is -0.401. The highest BCUT2D eigenvalue weighted by Gasteiger charge is 2.04. The number of hydrogen-bond donors (Lipinski definition) is 1. The molecule has 0 bridgehead atoms. The lowest BCUT2D eigenvalue weighted by Crippen LogP contribution is -1.93. The van der Waals surface area contributed by atoms with Crippen molar-refractivity contribution in [3.05, 3.63) is 42.0 Å². The molecule has 1 aromatic heterocycles. The van der Waals surface area contributed by atoms with Crippen LogP contribution in [0.15, 0.2) is 30.6 Å². The van der Waals surface area contributed by atoms with E-state index >= 15 is 0 Å². The number of ether oxygens (including phenoxy) is 1. The summed E-state index contributed by atoms with van der Waals surface area (Å²) in [4.78, 5) is 7.88. The van der Waals surface area contributed by atoms with Crippen LogP contribution < -0.4 is 4.74 Å². The highest BCUT2D eigenvalue weighted by Crippen LogP contribution is 2.21. The summed E-state index contributed by atoms with van der Waals surface area (Å²) in [6, 6.07) is 4.60. The lowest BCUT2D eigenvalue weighted by atomic mass is 10.1. The van der Waals surface area contributed by atoms with E-state index in [-0.39, 0.29) is 12.6 Å². The minimum atomic E-state index is -0.401. The normalized spacial score (nSPS) is 10.3. The molecule has 1 N–H and O–H groups in total. The summed E-state index contributed by atoms with van der Waals surface area (Å²) in [5.41, 5.74) is 1.80. The van der Waals surface area contributed by atoms with Crippen molar-refractivity contribution in [1.29, 1.82) is 0 Å². The highest BCUT2D eigenvalue weighted by atomic mass is 19.1. The molecule has 0 spiro atoms. The number of halogens is 1. The van der Waals surface area contributed by atoms with Crippen LogP contribution in [0.5, 0.6) is 6.01 Å². The van der Waals surface area contributed by atoms with Crippen LogP contribution in [0.3, 0.4) is 0 Å². The van der Waals surface area contributed by atoms with Crippen molar-refractivity contribution in [3.63, 3.8) is 0 Å². The first-order chi connectivity index (χ1) is 8.22. The second-order valence-electron chi connectivity index (χ2n) is 3.46. The molecule has 1 heterocycles. The molecule has 0 atom stereocenters. The predicted molar refractivity (Wildman–Crippen MR) is 59.9 cm³/mol. The fourth-order valence-electron chi connectivity index (χ4n) is 1.48. The topological polar surface area (TPSA) is 55.2 Å². The molecule has 0 saturated heterocycles. The van der Waals surface area contributed by atoms with Gasteiger partial charge in [-0.1, -0.05) is 0 Å². The van der Waals surface area contributed by atoms with E-state index in [2.05, 4.69) is 9.97 Å². The van der Waals surface area contributed by atoms with Gasteiger partial charge in [0.15, 0.2) is 0 Å². The molecular weight excluding hydrogens is 223 g/mol. The molecular formula is C12H11FN2O2. The quantitative estimate of drug-likeness (QED) is 0.879. The first-order valence-corrected chi connectivity index (χ1v) is 4.99. The molecule has 0 radical (unpaired) electrons. The maximum atomic E-state index is 13.3. The van der Waals surface area contributed by atoms with Crippen LogP contribution in [0.25, 0.3) is 11.1 Å². The number of benzene rings is 1. The Labute approximate surface area is 97.7 Å². The van der Waals surface area contributed by atoms with Crippen molar-refractivity contribution >= 4 is 0 Å². The van der Waals surface area contributed by atoms with Crippen molar-refractivity contribution in [2.24, 2.45) is 0 Å². The van der Waals surface area contributed by atoms with Gasteiger partial charge in [0, 0.05) is 18.0 Å². The Morgan fingerprint density at radius 3 is 2.47 bits per heavy atom. The van der Waals surface area contributed by atoms with Gasteiger partial charge in [0.1, 0.15) is 5.82 Å². The lowest BCUT2D eigenvalue weighted by Gasteiger charge is -2.04. The molecule has 2 aromatic rings. The highest BCUT2D eigenvalue weighted by molar-refractivity contribution is 5.62. The molecule has 88 valence electrons. The Kier molecular flexibility index (Phi) is 3.30. The number of hydrogen-bond acceptors (Lipinski definition) is 4. The minimum Gasteiger partial charge on any atom is -0.467 e. The van der Waals surface area contributed by atoms with Gasteiger partial charge in [-0.25, -0.2) is 14.4 Å². The van der Waals surface area contributed by atoms with Crippen LogP contribution in [0.4, 0.5) is 4.39 Å². The Morgan fingerprint density at radius 1 is 1.18 bits per heavy atom. The van der Waals surface area contributed by atoms with Gasteiger partial charge in [0.05, 0.1) is 13.7 Å². The second kappa shape index (κ2) is 4.88. The van der Waals surface area contributed by atoms with Gasteiger partial charge in [-0.05, 0) is 29.3 Å². The maximum absolute atomic E-state index is 13.3. The van der Waals surface area contributed by atoms with E-state index in [1.807, 2.05) is 0 Å². The van der Waals surface area contributed by atoms with Crippen LogP contribution in [0, 0.1) is 5.82 Å². The molecule has 17 heavy (non-hydrogen) atoms. The molecule has 2 rings (SSSR count). The van der Waals surface area contributed by atoms with Gasteiger partial charge in [-0.3, -0.25) is 0 Å². The standard InChI is InChI=1S/C12H11FN2O2/c1-17-12-14-5-10(6-15-12)9-2-8(7-16)3-11(13)4-9/h2-6,16H,7H2,1H3. The molecule has 0 aliphatic rings. The van der Waals surface area contributed by atoms with E-state index in [1.165, 1.54) is 19.2 Å². The molecule has 0 unspecified atom stereocenters. The number of nitrogens with zero attached hydrogens (tertiary/aromatic N) is 2. The number of aliphatic hydroxyl groups excluding tert-OH is 1. The smallest absolute Gasteiger partial charge is 0.316 e. The third-order valence-electron chi connectivity index (χ3n) is 2.28. The first kappa shape index (κ1) is 11.5. The molecule has 0 amide bonds. The molecule has 4 nitrogen and oxygen atoms in total. The van der Waals surface area contributed by atoms with E-state index in [4.69, 9.17) is 9.84 Å². The fraction of sp³-hybridized carbons (Fsp3) is 0.167. The van der Waals surface area contributed by atoms with Crippen LogP contribution in [0.2, 0.25) is 0 Å². The van der Waals surface area contributed by atoms with Crippen molar-refractivity contribution in [3.8, 4) is 17.1 Å². The van der Waals surface area contributed by atoms with E-state index in [0.29, 0.717) is 16.7 Å². The molecule has 0 saturated carbocycles. The van der Waals surface area contributed by atoms with Crippen molar-refractivity contribution in [1.82, 2.24) is 9.97 Å². The summed E-state index contributed by atoms with van der Waals surface area (Å²) in [6.45, 7) is -0.207. The van der Waals surface area contributed by atoms with Gasteiger partial charge in [-0.2, -0.15) is 0 Å². The van der Waals surface area contributed by atoms with Crippen molar-refractivity contribution in [2.45, 2.75) is 6.61 Å². The summed E-state index contributed by atoms with van der Waals surface area (Å²) in [6.07, 6.45) is 3.09. The molecule has 5 heteroatoms. The average molecular weight is 234 g/mol. The Bertz CT molecular complexity index is 514. The third-order valence-corrected chi connectivity index (χ3v) is 2.28. The summed E-state index contributed by atoms with van der Waals surface area (Å²) in [7, 11) is 1.47. The number of aromatic nitrogens is 2. The molecule has 0 fully saturated rings. The van der Waals surface area contributed by atoms with Gasteiger partial charge in [-0.15, -0.1) is 0 Å².